The molecule has 0 saturated carbocycles. The highest BCUT2D eigenvalue weighted by Gasteiger charge is 2.42. The maximum absolute atomic E-state index is 13.2. The number of carbonyl (C=O) groups is 1. The normalized spacial score (nSPS) is 15.5. The number of nitrogens with zero attached hydrogens (tertiary/aromatic N) is 1. The molecule has 0 heterocycles. The van der Waals surface area contributed by atoms with Gasteiger partial charge in [0, 0.05) is 18.6 Å². The highest BCUT2D eigenvalue weighted by atomic mass is 28.4. The summed E-state index contributed by atoms with van der Waals surface area (Å²) in [6.07, 6.45) is 0.134. The van der Waals surface area contributed by atoms with Crippen molar-refractivity contribution in [2.75, 3.05) is 0 Å². The minimum absolute atomic E-state index is 0.0764. The summed E-state index contributed by atoms with van der Waals surface area (Å²) in [5.41, 5.74) is 1.90. The van der Waals surface area contributed by atoms with Crippen LogP contribution in [0.2, 0.25) is 18.1 Å². The Hall–Kier alpha value is -1.95. The van der Waals surface area contributed by atoms with Crippen LogP contribution < -0.4 is 0 Å². The first-order chi connectivity index (χ1) is 16.1. The van der Waals surface area contributed by atoms with Gasteiger partial charge in [0.2, 0.25) is 0 Å². The van der Waals surface area contributed by atoms with Crippen molar-refractivity contribution < 1.29 is 14.0 Å². The van der Waals surface area contributed by atoms with Gasteiger partial charge in [-0.2, -0.15) is 0 Å². The lowest BCUT2D eigenvalue weighted by molar-refractivity contribution is -0.157. The van der Waals surface area contributed by atoms with Gasteiger partial charge in [0.05, 0.1) is 12.5 Å². The second kappa shape index (κ2) is 11.9. The van der Waals surface area contributed by atoms with Crippen molar-refractivity contribution in [1.82, 2.24) is 4.90 Å². The second-order valence-electron chi connectivity index (χ2n) is 12.2. The fourth-order valence-corrected chi connectivity index (χ4v) is 5.53. The Morgan fingerprint density at radius 3 is 1.89 bits per heavy atom. The summed E-state index contributed by atoms with van der Waals surface area (Å²) in [6, 6.07) is 20.9. The molecule has 2 aromatic rings. The van der Waals surface area contributed by atoms with E-state index in [1.807, 2.05) is 32.9 Å². The summed E-state index contributed by atoms with van der Waals surface area (Å²) in [5.74, 6) is -0.188. The molecule has 0 bridgehead atoms. The minimum Gasteiger partial charge on any atom is -0.460 e. The van der Waals surface area contributed by atoms with Crippen LogP contribution in [0.5, 0.6) is 0 Å². The van der Waals surface area contributed by atoms with E-state index in [4.69, 9.17) is 9.16 Å². The van der Waals surface area contributed by atoms with Crippen LogP contribution in [-0.2, 0) is 20.5 Å². The molecular weight excluding hydrogens is 450 g/mol. The average Bonchev–Trinajstić information content (AvgIpc) is 2.74. The summed E-state index contributed by atoms with van der Waals surface area (Å²) in [4.78, 5) is 15.6. The van der Waals surface area contributed by atoms with Crippen molar-refractivity contribution in [3.8, 4) is 0 Å². The SMILES string of the molecule is C[C@H](O[Si](C)(C)C(C)(C)C)[C@@H](CC(=O)OC(C)(C)C)N(Cc1ccccc1)[C@@H](C)c1ccccc1. The molecule has 0 radical (unpaired) electrons. The topological polar surface area (TPSA) is 38.8 Å². The number of hydrogen-bond donors (Lipinski definition) is 0. The van der Waals surface area contributed by atoms with E-state index < -0.39 is 13.9 Å². The third kappa shape index (κ3) is 8.89. The zero-order valence-electron chi connectivity index (χ0n) is 23.6. The Labute approximate surface area is 215 Å². The molecule has 0 saturated heterocycles. The number of rotatable bonds is 10. The van der Waals surface area contributed by atoms with Gasteiger partial charge in [-0.05, 0) is 63.9 Å². The van der Waals surface area contributed by atoms with E-state index in [9.17, 15) is 4.79 Å². The molecule has 2 aromatic carbocycles. The molecule has 5 heteroatoms. The molecule has 0 aromatic heterocycles. The third-order valence-corrected chi connectivity index (χ3v) is 11.6. The van der Waals surface area contributed by atoms with Gasteiger partial charge in [0.25, 0.3) is 0 Å². The summed E-state index contributed by atoms with van der Waals surface area (Å²) in [5, 5.41) is 0.0764. The molecule has 0 spiro atoms. The highest BCUT2D eigenvalue weighted by molar-refractivity contribution is 6.74. The Morgan fingerprint density at radius 1 is 0.886 bits per heavy atom. The summed E-state index contributed by atoms with van der Waals surface area (Å²) in [7, 11) is -2.06. The van der Waals surface area contributed by atoms with Crippen molar-refractivity contribution in [1.29, 1.82) is 0 Å². The van der Waals surface area contributed by atoms with Crippen molar-refractivity contribution in [2.45, 2.75) is 110 Å². The fraction of sp³-hybridized carbons (Fsp3) is 0.567. The minimum atomic E-state index is -2.06. The summed E-state index contributed by atoms with van der Waals surface area (Å²) >= 11 is 0. The molecule has 0 amide bonds. The standard InChI is InChI=1S/C30H47NO3Si/c1-23(26-19-15-12-16-20-26)31(22-25-17-13-11-14-18-25)27(21-28(32)33-29(3,4)5)24(2)34-35(9,10)30(6,7)8/h11-20,23-24,27H,21-22H2,1-10H3/t23-,24-,27+/m0/s1. The maximum atomic E-state index is 13.2. The molecule has 0 unspecified atom stereocenters. The van der Waals surface area contributed by atoms with Crippen LogP contribution in [0, 0.1) is 0 Å². The first-order valence-corrected chi connectivity index (χ1v) is 15.8. The zero-order chi connectivity index (χ0) is 26.4. The molecular formula is C30H47NO3Si. The number of ether oxygens (including phenoxy) is 1. The van der Waals surface area contributed by atoms with Crippen LogP contribution in [0.3, 0.4) is 0 Å². The Kier molecular flexibility index (Phi) is 9.92. The average molecular weight is 498 g/mol. The van der Waals surface area contributed by atoms with Crippen LogP contribution in [0.4, 0.5) is 0 Å². The van der Waals surface area contributed by atoms with Crippen LogP contribution in [0.1, 0.15) is 79.0 Å². The molecule has 35 heavy (non-hydrogen) atoms. The van der Waals surface area contributed by atoms with Crippen LogP contribution in [0.15, 0.2) is 60.7 Å². The van der Waals surface area contributed by atoms with Crippen LogP contribution in [0.25, 0.3) is 0 Å². The summed E-state index contributed by atoms with van der Waals surface area (Å²) < 4.78 is 12.7. The lowest BCUT2D eigenvalue weighted by Crippen LogP contribution is -2.52. The molecule has 194 valence electrons. The number of esters is 1. The van der Waals surface area contributed by atoms with Gasteiger partial charge in [0.1, 0.15) is 5.60 Å². The highest BCUT2D eigenvalue weighted by Crippen LogP contribution is 2.39. The van der Waals surface area contributed by atoms with Gasteiger partial charge in [-0.1, -0.05) is 81.4 Å². The third-order valence-electron chi connectivity index (χ3n) is 7.04. The van der Waals surface area contributed by atoms with Gasteiger partial charge < -0.3 is 9.16 Å². The van der Waals surface area contributed by atoms with E-state index in [0.29, 0.717) is 0 Å². The number of hydrogen-bond acceptors (Lipinski definition) is 4. The Bertz CT molecular complexity index is 916. The van der Waals surface area contributed by atoms with Crippen LogP contribution in [-0.4, -0.2) is 36.9 Å². The van der Waals surface area contributed by atoms with E-state index >= 15 is 0 Å². The van der Waals surface area contributed by atoms with Crippen molar-refractivity contribution >= 4 is 14.3 Å². The molecule has 0 aliphatic heterocycles. The van der Waals surface area contributed by atoms with Crippen molar-refractivity contribution in [3.63, 3.8) is 0 Å². The maximum Gasteiger partial charge on any atom is 0.307 e. The van der Waals surface area contributed by atoms with Gasteiger partial charge in [-0.3, -0.25) is 9.69 Å². The predicted octanol–water partition coefficient (Wildman–Crippen LogP) is 7.76. The van der Waals surface area contributed by atoms with Crippen molar-refractivity contribution in [3.05, 3.63) is 71.8 Å². The predicted molar refractivity (Wildman–Crippen MR) is 149 cm³/mol. The van der Waals surface area contributed by atoms with Gasteiger partial charge in [-0.15, -0.1) is 0 Å². The molecule has 3 atom stereocenters. The largest absolute Gasteiger partial charge is 0.460 e. The van der Waals surface area contributed by atoms with Gasteiger partial charge in [-0.25, -0.2) is 0 Å². The van der Waals surface area contributed by atoms with Gasteiger partial charge in [0.15, 0.2) is 8.32 Å². The number of benzene rings is 2. The lowest BCUT2D eigenvalue weighted by atomic mass is 9.99. The number of carbonyl (C=O) groups excluding carboxylic acids is 1. The lowest BCUT2D eigenvalue weighted by Gasteiger charge is -2.44. The molecule has 2 rings (SSSR count). The molecule has 0 N–H and O–H groups in total. The summed E-state index contributed by atoms with van der Waals surface area (Å²) in [6.45, 7) is 22.1. The van der Waals surface area contributed by atoms with Gasteiger partial charge >= 0.3 is 5.97 Å². The van der Waals surface area contributed by atoms with Crippen LogP contribution >= 0.6 is 0 Å². The molecule has 4 nitrogen and oxygen atoms in total. The quantitative estimate of drug-likeness (QED) is 0.248. The molecule has 0 aliphatic rings. The first kappa shape index (κ1) is 29.3. The fourth-order valence-electron chi connectivity index (χ4n) is 4.09. The van der Waals surface area contributed by atoms with E-state index in [-0.39, 0.29) is 35.6 Å². The zero-order valence-corrected chi connectivity index (χ0v) is 24.6. The Balaban J connectivity index is 2.50. The van der Waals surface area contributed by atoms with E-state index in [0.717, 1.165) is 6.54 Å². The van der Waals surface area contributed by atoms with E-state index in [1.54, 1.807) is 0 Å². The van der Waals surface area contributed by atoms with E-state index in [2.05, 4.69) is 101 Å². The molecule has 0 aliphatic carbocycles. The van der Waals surface area contributed by atoms with Crippen molar-refractivity contribution in [2.24, 2.45) is 0 Å². The first-order valence-electron chi connectivity index (χ1n) is 12.8. The Morgan fingerprint density at radius 2 is 1.40 bits per heavy atom. The second-order valence-corrected chi connectivity index (χ2v) is 16.9. The monoisotopic (exact) mass is 497 g/mol. The smallest absolute Gasteiger partial charge is 0.307 e. The van der Waals surface area contributed by atoms with E-state index in [1.165, 1.54) is 11.1 Å². The molecule has 0 fully saturated rings.